The van der Waals surface area contributed by atoms with Crippen LogP contribution in [-0.2, 0) is 14.4 Å². The Morgan fingerprint density at radius 3 is 2.67 bits per heavy atom. The van der Waals surface area contributed by atoms with Crippen molar-refractivity contribution in [2.24, 2.45) is 17.8 Å². The van der Waals surface area contributed by atoms with E-state index >= 15 is 0 Å². The van der Waals surface area contributed by atoms with Gasteiger partial charge in [-0.25, -0.2) is 0 Å². The molecule has 1 spiro atoms. The number of aliphatic hydroxyl groups is 1. The van der Waals surface area contributed by atoms with Crippen LogP contribution in [0.5, 0.6) is 0 Å². The number of benzene rings is 1. The number of alkyl halides is 1. The molecule has 7 atom stereocenters. The maximum Gasteiger partial charge on any atom is 0.308 e. The molecule has 2 N–H and O–H groups in total. The summed E-state index contributed by atoms with van der Waals surface area (Å²) in [6, 6.07) is 3.84. The van der Waals surface area contributed by atoms with Crippen molar-refractivity contribution in [3.63, 3.8) is 0 Å². The van der Waals surface area contributed by atoms with Crippen molar-refractivity contribution in [1.82, 2.24) is 4.90 Å². The number of anilines is 1. The number of hydrogen-bond donors (Lipinski definition) is 2. The zero-order chi connectivity index (χ0) is 26.5. The number of thioether (sulfide) groups is 1. The molecule has 10 heteroatoms. The number of nitrogens with zero attached hydrogens (tertiary/aromatic N) is 2. The number of aliphatic carboxylic acids is 1. The first-order valence-corrected chi connectivity index (χ1v) is 14.3. The van der Waals surface area contributed by atoms with Crippen LogP contribution in [0.2, 0.25) is 5.02 Å². The maximum atomic E-state index is 14.6. The van der Waals surface area contributed by atoms with Gasteiger partial charge in [0.2, 0.25) is 5.91 Å². The number of halogens is 2. The fourth-order valence-corrected chi connectivity index (χ4v) is 10.3. The fourth-order valence-electron chi connectivity index (χ4n) is 6.38. The molecule has 7 nitrogen and oxygen atoms in total. The molecule has 36 heavy (non-hydrogen) atoms. The second-order valence-corrected chi connectivity index (χ2v) is 13.5. The number of carboxylic acids is 1. The monoisotopic (exact) mass is 598 g/mol. The SMILES string of the molecule is C=CCN(C(=O)C1N([C@@H](CO)CC(C)C)C(=O)[C@@H]2[C@H](C(=O)O)[C@H]3SC12CC3Br)c1c(C)cccc1Cl. The van der Waals surface area contributed by atoms with Gasteiger partial charge in [-0.1, -0.05) is 59.6 Å². The Morgan fingerprint density at radius 1 is 1.42 bits per heavy atom. The summed E-state index contributed by atoms with van der Waals surface area (Å²) in [7, 11) is 0. The van der Waals surface area contributed by atoms with E-state index < -0.39 is 34.6 Å². The van der Waals surface area contributed by atoms with Crippen molar-refractivity contribution in [3.8, 4) is 0 Å². The van der Waals surface area contributed by atoms with Gasteiger partial charge >= 0.3 is 5.97 Å². The van der Waals surface area contributed by atoms with E-state index in [1.54, 1.807) is 17.0 Å². The summed E-state index contributed by atoms with van der Waals surface area (Å²) in [6.07, 6.45) is 2.59. The zero-order valence-corrected chi connectivity index (χ0v) is 23.7. The van der Waals surface area contributed by atoms with E-state index in [4.69, 9.17) is 11.6 Å². The van der Waals surface area contributed by atoms with Gasteiger partial charge in [-0.05, 0) is 37.3 Å². The number of para-hydroxylation sites is 1. The summed E-state index contributed by atoms with van der Waals surface area (Å²) in [5, 5.41) is 20.6. The second kappa shape index (κ2) is 10.3. The lowest BCUT2D eigenvalue weighted by atomic mass is 9.71. The van der Waals surface area contributed by atoms with Crippen LogP contribution in [-0.4, -0.2) is 73.0 Å². The molecule has 2 bridgehead atoms. The van der Waals surface area contributed by atoms with E-state index in [-0.39, 0.29) is 41.0 Å². The molecule has 0 radical (unpaired) electrons. The summed E-state index contributed by atoms with van der Waals surface area (Å²) in [5.41, 5.74) is 1.34. The highest BCUT2D eigenvalue weighted by atomic mass is 79.9. The first-order valence-electron chi connectivity index (χ1n) is 12.1. The summed E-state index contributed by atoms with van der Waals surface area (Å²) in [5.74, 6) is -3.31. The van der Waals surface area contributed by atoms with Crippen LogP contribution in [0.15, 0.2) is 30.9 Å². The largest absolute Gasteiger partial charge is 0.481 e. The van der Waals surface area contributed by atoms with Crippen LogP contribution in [0, 0.1) is 24.7 Å². The van der Waals surface area contributed by atoms with Crippen LogP contribution >= 0.6 is 39.3 Å². The maximum absolute atomic E-state index is 14.6. The Morgan fingerprint density at radius 2 is 2.11 bits per heavy atom. The minimum absolute atomic E-state index is 0.143. The third kappa shape index (κ3) is 4.20. The predicted molar refractivity (Wildman–Crippen MR) is 146 cm³/mol. The summed E-state index contributed by atoms with van der Waals surface area (Å²) in [4.78, 5) is 43.9. The molecule has 3 unspecified atom stereocenters. The van der Waals surface area contributed by atoms with Gasteiger partial charge in [0.05, 0.1) is 39.9 Å². The number of fused-ring (bicyclic) bond motifs is 1. The molecule has 2 amide bonds. The number of carboxylic acid groups (broad SMARTS) is 1. The van der Waals surface area contributed by atoms with E-state index in [9.17, 15) is 24.6 Å². The van der Waals surface area contributed by atoms with Crippen LogP contribution in [0.1, 0.15) is 32.3 Å². The lowest BCUT2D eigenvalue weighted by Crippen LogP contribution is -2.58. The molecular weight excluding hydrogens is 568 g/mol. The summed E-state index contributed by atoms with van der Waals surface area (Å²) < 4.78 is -0.922. The Kier molecular flexibility index (Phi) is 7.87. The molecule has 3 heterocycles. The van der Waals surface area contributed by atoms with Crippen LogP contribution in [0.25, 0.3) is 0 Å². The van der Waals surface area contributed by atoms with E-state index in [0.717, 1.165) is 5.56 Å². The third-order valence-corrected chi connectivity index (χ3v) is 11.2. The number of carbonyl (C=O) groups is 3. The predicted octanol–water partition coefficient (Wildman–Crippen LogP) is 4.12. The number of carbonyl (C=O) groups excluding carboxylic acids is 2. The van der Waals surface area contributed by atoms with E-state index in [1.165, 1.54) is 16.7 Å². The first kappa shape index (κ1) is 27.5. The van der Waals surface area contributed by atoms with Gasteiger partial charge in [-0.15, -0.1) is 18.3 Å². The standard InChI is InChI=1S/C26H32BrClN2O5S/c1-5-9-29(20-14(4)7-6-8-17(20)28)24(33)22-26-11-16(27)21(36-26)18(25(34)35)19(26)23(32)30(22)15(12-31)10-13(2)3/h5-8,13,15-16,18-19,21-22,31H,1,9-12H2,2-4H3,(H,34,35)/t15-,16?,18+,19+,21+,22?,26?/m1/s1. The van der Waals surface area contributed by atoms with E-state index in [1.807, 2.05) is 32.9 Å². The van der Waals surface area contributed by atoms with Crippen LogP contribution in [0.3, 0.4) is 0 Å². The molecule has 3 fully saturated rings. The van der Waals surface area contributed by atoms with E-state index in [2.05, 4.69) is 22.5 Å². The number of aliphatic hydroxyl groups excluding tert-OH is 1. The smallest absolute Gasteiger partial charge is 0.308 e. The second-order valence-electron chi connectivity index (χ2n) is 10.4. The molecule has 0 saturated carbocycles. The van der Waals surface area contributed by atoms with Crippen molar-refractivity contribution in [3.05, 3.63) is 41.4 Å². The molecule has 0 aliphatic carbocycles. The topological polar surface area (TPSA) is 98.2 Å². The zero-order valence-electron chi connectivity index (χ0n) is 20.6. The van der Waals surface area contributed by atoms with Gasteiger partial charge in [0.25, 0.3) is 5.91 Å². The highest BCUT2D eigenvalue weighted by molar-refractivity contribution is 9.09. The fraction of sp³-hybridized carbons (Fsp3) is 0.577. The van der Waals surface area contributed by atoms with Gasteiger partial charge in [-0.2, -0.15) is 0 Å². The molecule has 1 aromatic rings. The van der Waals surface area contributed by atoms with Gasteiger partial charge in [0.15, 0.2) is 0 Å². The Labute approximate surface area is 229 Å². The quantitative estimate of drug-likeness (QED) is 0.327. The van der Waals surface area contributed by atoms with Gasteiger partial charge in [-0.3, -0.25) is 14.4 Å². The van der Waals surface area contributed by atoms with Crippen LogP contribution < -0.4 is 4.90 Å². The van der Waals surface area contributed by atoms with Crippen molar-refractivity contribution in [1.29, 1.82) is 0 Å². The van der Waals surface area contributed by atoms with Gasteiger partial charge < -0.3 is 20.0 Å². The normalized spacial score (nSPS) is 31.6. The minimum Gasteiger partial charge on any atom is -0.481 e. The number of hydrogen-bond acceptors (Lipinski definition) is 5. The van der Waals surface area contributed by atoms with Gasteiger partial charge in [0, 0.05) is 16.6 Å². The number of likely N-dealkylation sites (tertiary alicyclic amines) is 1. The Balaban J connectivity index is 1.89. The molecule has 0 aromatic heterocycles. The average molecular weight is 600 g/mol. The highest BCUT2D eigenvalue weighted by Gasteiger charge is 2.76. The molecule has 3 saturated heterocycles. The molecular formula is C26H32BrClN2O5S. The number of rotatable bonds is 9. The number of aryl methyl sites for hydroxylation is 1. The van der Waals surface area contributed by atoms with Crippen molar-refractivity contribution >= 4 is 62.8 Å². The Bertz CT molecular complexity index is 1070. The van der Waals surface area contributed by atoms with E-state index in [0.29, 0.717) is 23.6 Å². The number of amides is 2. The summed E-state index contributed by atoms with van der Waals surface area (Å²) in [6.45, 7) is 9.54. The lowest BCUT2D eigenvalue weighted by molar-refractivity contribution is -0.149. The molecule has 4 rings (SSSR count). The molecule has 1 aromatic carbocycles. The lowest BCUT2D eigenvalue weighted by Gasteiger charge is -2.40. The first-order chi connectivity index (χ1) is 17.0. The molecule has 196 valence electrons. The van der Waals surface area contributed by atoms with Gasteiger partial charge in [0.1, 0.15) is 6.04 Å². The molecule has 3 aliphatic rings. The average Bonchev–Trinajstić information content (AvgIpc) is 3.39. The Hall–Kier alpha value is -1.55. The van der Waals surface area contributed by atoms with Crippen molar-refractivity contribution in [2.45, 2.75) is 60.5 Å². The van der Waals surface area contributed by atoms with Crippen molar-refractivity contribution < 1.29 is 24.6 Å². The van der Waals surface area contributed by atoms with Crippen molar-refractivity contribution in [2.75, 3.05) is 18.1 Å². The minimum atomic E-state index is -1.03. The summed E-state index contributed by atoms with van der Waals surface area (Å²) >= 11 is 11.7. The third-order valence-electron chi connectivity index (χ3n) is 7.63. The molecule has 3 aliphatic heterocycles. The van der Waals surface area contributed by atoms with Crippen LogP contribution in [0.4, 0.5) is 5.69 Å². The highest BCUT2D eigenvalue weighted by Crippen LogP contribution is 2.68.